The highest BCUT2D eigenvalue weighted by Crippen LogP contribution is 2.19. The summed E-state index contributed by atoms with van der Waals surface area (Å²) in [5.74, 6) is -0.114. The Morgan fingerprint density at radius 3 is 2.10 bits per heavy atom. The van der Waals surface area contributed by atoms with E-state index in [1.54, 1.807) is 12.1 Å². The van der Waals surface area contributed by atoms with E-state index in [-0.39, 0.29) is 11.9 Å². The molecule has 0 aliphatic carbocycles. The number of carboxylic acids is 1. The Kier molecular flexibility index (Phi) is 8.68. The Morgan fingerprint density at radius 2 is 1.57 bits per heavy atom. The van der Waals surface area contributed by atoms with Gasteiger partial charge in [-0.3, -0.25) is 0 Å². The molecule has 0 saturated heterocycles. The van der Waals surface area contributed by atoms with Gasteiger partial charge in [-0.15, -0.1) is 0 Å². The number of carboxylic acid groups (broad SMARTS) is 1. The zero-order chi connectivity index (χ0) is 22.1. The van der Waals surface area contributed by atoms with Crippen molar-refractivity contribution < 1.29 is 32.0 Å². The van der Waals surface area contributed by atoms with Crippen LogP contribution in [0.15, 0.2) is 48.5 Å². The maximum Gasteiger partial charge on any atom is 0.333 e. The molecule has 0 amide bonds. The van der Waals surface area contributed by atoms with Gasteiger partial charge >= 0.3 is 16.1 Å². The van der Waals surface area contributed by atoms with Crippen molar-refractivity contribution in [2.45, 2.75) is 45.3 Å². The first-order valence-electron chi connectivity index (χ1n) is 9.74. The minimum atomic E-state index is -3.55. The van der Waals surface area contributed by atoms with Crippen LogP contribution < -0.4 is 8.92 Å². The molecule has 0 aliphatic heterocycles. The lowest BCUT2D eigenvalue weighted by Crippen LogP contribution is -2.30. The van der Waals surface area contributed by atoms with Gasteiger partial charge in [-0.2, -0.15) is 8.42 Å². The van der Waals surface area contributed by atoms with Gasteiger partial charge in [0, 0.05) is 12.8 Å². The third-order valence-electron chi connectivity index (χ3n) is 4.42. The molecule has 2 rings (SSSR count). The smallest absolute Gasteiger partial charge is 0.333 e. The average molecular weight is 437 g/mol. The molecule has 0 fully saturated rings. The predicted octanol–water partition coefficient (Wildman–Crippen LogP) is 3.46. The van der Waals surface area contributed by atoms with Crippen LogP contribution in [0.5, 0.6) is 11.5 Å². The molecular formula is C22H28O7S. The van der Waals surface area contributed by atoms with Gasteiger partial charge in [0.2, 0.25) is 0 Å². The molecule has 0 bridgehead atoms. The first-order valence-corrected chi connectivity index (χ1v) is 11.6. The lowest BCUT2D eigenvalue weighted by Gasteiger charge is -2.18. The number of hydrogen-bond acceptors (Lipinski definition) is 6. The summed E-state index contributed by atoms with van der Waals surface area (Å²) in [5, 5.41) is 9.35. The van der Waals surface area contributed by atoms with Crippen molar-refractivity contribution >= 4 is 16.1 Å². The molecule has 8 heteroatoms. The fraction of sp³-hybridized carbons (Fsp3) is 0.409. The standard InChI is InChI=1S/C22H28O7S/c1-4-16(2)28-21(22(23)24)15-18-7-5-17(6-8-18)13-14-27-19-9-11-20(12-10-19)29-30(3,25)26/h5-12,16,21H,4,13-15H2,1-3H3,(H,23,24)/t16?,21-/m0/s1. The van der Waals surface area contributed by atoms with Crippen LogP contribution >= 0.6 is 0 Å². The van der Waals surface area contributed by atoms with Crippen LogP contribution in [-0.4, -0.2) is 44.6 Å². The Hall–Kier alpha value is -2.58. The van der Waals surface area contributed by atoms with Crippen LogP contribution in [-0.2, 0) is 32.5 Å². The molecule has 0 saturated carbocycles. The van der Waals surface area contributed by atoms with Crippen LogP contribution in [0.25, 0.3) is 0 Å². The van der Waals surface area contributed by atoms with Gasteiger partial charge in [-0.1, -0.05) is 31.2 Å². The maximum absolute atomic E-state index is 11.4. The van der Waals surface area contributed by atoms with Crippen LogP contribution in [0.1, 0.15) is 31.4 Å². The highest BCUT2D eigenvalue weighted by Gasteiger charge is 2.20. The summed E-state index contributed by atoms with van der Waals surface area (Å²) in [5.41, 5.74) is 1.96. The van der Waals surface area contributed by atoms with E-state index in [2.05, 4.69) is 0 Å². The van der Waals surface area contributed by atoms with E-state index in [0.29, 0.717) is 25.2 Å². The first-order chi connectivity index (χ1) is 14.2. The summed E-state index contributed by atoms with van der Waals surface area (Å²) in [6, 6.07) is 14.1. The molecule has 0 heterocycles. The minimum absolute atomic E-state index is 0.102. The topological polar surface area (TPSA) is 99.1 Å². The SMILES string of the molecule is CCC(C)O[C@@H](Cc1ccc(CCOc2ccc(OS(C)(=O)=O)cc2)cc1)C(=O)O. The van der Waals surface area contributed by atoms with Crippen molar-refractivity contribution in [2.75, 3.05) is 12.9 Å². The summed E-state index contributed by atoms with van der Waals surface area (Å²) in [6.07, 6.45) is 1.78. The second-order valence-electron chi connectivity index (χ2n) is 7.06. The molecule has 1 N–H and O–H groups in total. The Balaban J connectivity index is 1.83. The first kappa shape index (κ1) is 23.7. The van der Waals surface area contributed by atoms with Crippen molar-refractivity contribution in [3.8, 4) is 11.5 Å². The van der Waals surface area contributed by atoms with Crippen LogP contribution in [0.2, 0.25) is 0 Å². The molecule has 2 atom stereocenters. The number of rotatable bonds is 12. The summed E-state index contributed by atoms with van der Waals surface area (Å²) in [4.78, 5) is 11.4. The summed E-state index contributed by atoms with van der Waals surface area (Å²) >= 11 is 0. The molecule has 0 radical (unpaired) electrons. The van der Waals surface area contributed by atoms with E-state index >= 15 is 0 Å². The Labute approximate surface area is 177 Å². The summed E-state index contributed by atoms with van der Waals surface area (Å²) in [7, 11) is -3.55. The molecule has 0 aromatic heterocycles. The van der Waals surface area contributed by atoms with Gasteiger partial charge in [0.25, 0.3) is 0 Å². The monoisotopic (exact) mass is 436 g/mol. The van der Waals surface area contributed by atoms with Crippen molar-refractivity contribution in [3.63, 3.8) is 0 Å². The summed E-state index contributed by atoms with van der Waals surface area (Å²) < 4.78 is 38.2. The van der Waals surface area contributed by atoms with E-state index in [0.717, 1.165) is 23.8 Å². The zero-order valence-electron chi connectivity index (χ0n) is 17.4. The van der Waals surface area contributed by atoms with Gasteiger partial charge in [0.1, 0.15) is 11.5 Å². The van der Waals surface area contributed by atoms with Gasteiger partial charge in [-0.25, -0.2) is 4.79 Å². The highest BCUT2D eigenvalue weighted by molar-refractivity contribution is 7.86. The highest BCUT2D eigenvalue weighted by atomic mass is 32.2. The lowest BCUT2D eigenvalue weighted by molar-refractivity contribution is -0.153. The minimum Gasteiger partial charge on any atom is -0.493 e. The fourth-order valence-electron chi connectivity index (χ4n) is 2.68. The number of benzene rings is 2. The molecule has 1 unspecified atom stereocenters. The Morgan fingerprint density at radius 1 is 1.00 bits per heavy atom. The molecule has 0 spiro atoms. The summed E-state index contributed by atoms with van der Waals surface area (Å²) in [6.45, 7) is 4.27. The molecule has 164 valence electrons. The van der Waals surface area contributed by atoms with Gasteiger partial charge in [0.05, 0.1) is 19.0 Å². The van der Waals surface area contributed by atoms with Gasteiger partial charge in [-0.05, 0) is 48.7 Å². The zero-order valence-corrected chi connectivity index (χ0v) is 18.2. The van der Waals surface area contributed by atoms with Crippen molar-refractivity contribution in [1.82, 2.24) is 0 Å². The third-order valence-corrected chi connectivity index (χ3v) is 4.92. The van der Waals surface area contributed by atoms with E-state index in [1.807, 2.05) is 38.1 Å². The van der Waals surface area contributed by atoms with E-state index in [9.17, 15) is 18.3 Å². The van der Waals surface area contributed by atoms with Crippen molar-refractivity contribution in [1.29, 1.82) is 0 Å². The van der Waals surface area contributed by atoms with Gasteiger partial charge in [0.15, 0.2) is 6.10 Å². The van der Waals surface area contributed by atoms with E-state index < -0.39 is 22.2 Å². The second kappa shape index (κ2) is 11.0. The second-order valence-corrected chi connectivity index (χ2v) is 8.63. The molecular weight excluding hydrogens is 408 g/mol. The molecule has 0 aliphatic rings. The van der Waals surface area contributed by atoms with Crippen molar-refractivity contribution in [2.24, 2.45) is 0 Å². The maximum atomic E-state index is 11.4. The Bertz CT molecular complexity index is 906. The number of ether oxygens (including phenoxy) is 2. The van der Waals surface area contributed by atoms with Crippen LogP contribution in [0.4, 0.5) is 0 Å². The van der Waals surface area contributed by atoms with Crippen molar-refractivity contribution in [3.05, 3.63) is 59.7 Å². The number of aliphatic carboxylic acids is 1. The number of hydrogen-bond donors (Lipinski definition) is 1. The molecule has 30 heavy (non-hydrogen) atoms. The van der Waals surface area contributed by atoms with Gasteiger partial charge < -0.3 is 18.8 Å². The number of carbonyl (C=O) groups is 1. The third kappa shape index (κ3) is 8.42. The molecule has 2 aromatic rings. The quantitative estimate of drug-likeness (QED) is 0.509. The van der Waals surface area contributed by atoms with E-state index in [4.69, 9.17) is 13.7 Å². The molecule has 2 aromatic carbocycles. The molecule has 7 nitrogen and oxygen atoms in total. The van der Waals surface area contributed by atoms with E-state index in [1.165, 1.54) is 12.1 Å². The average Bonchev–Trinajstić information content (AvgIpc) is 2.68. The normalized spacial score (nSPS) is 13.4. The largest absolute Gasteiger partial charge is 0.493 e. The fourth-order valence-corrected chi connectivity index (χ4v) is 3.14. The van der Waals surface area contributed by atoms with Crippen LogP contribution in [0.3, 0.4) is 0 Å². The lowest BCUT2D eigenvalue weighted by atomic mass is 10.0. The predicted molar refractivity (Wildman–Crippen MR) is 114 cm³/mol. The van der Waals surface area contributed by atoms with Crippen LogP contribution in [0, 0.1) is 0 Å².